The molecule has 0 aliphatic heterocycles. The van der Waals surface area contributed by atoms with Crippen molar-refractivity contribution in [3.63, 3.8) is 0 Å². The molecule has 144 valence electrons. The maximum absolute atomic E-state index is 13.4. The SMILES string of the molecule is CC(C)NS(=O)(=O)Nc1nn(C)c(C(=O)Nc2ccc(F)c(C#N)c2)c1Br. The minimum absolute atomic E-state index is 0.0279. The molecular formula is C15H16BrFN6O3S. The van der Waals surface area contributed by atoms with E-state index in [4.69, 9.17) is 5.26 Å². The van der Waals surface area contributed by atoms with E-state index in [0.29, 0.717) is 0 Å². The van der Waals surface area contributed by atoms with Crippen molar-refractivity contribution in [2.24, 2.45) is 7.05 Å². The molecule has 1 aromatic carbocycles. The largest absolute Gasteiger partial charge is 0.321 e. The average molecular weight is 459 g/mol. The van der Waals surface area contributed by atoms with Crippen LogP contribution < -0.4 is 14.8 Å². The number of nitrogens with one attached hydrogen (secondary N) is 3. The summed E-state index contributed by atoms with van der Waals surface area (Å²) in [6, 6.07) is 4.89. The van der Waals surface area contributed by atoms with Gasteiger partial charge >= 0.3 is 10.2 Å². The molecule has 1 amide bonds. The molecule has 1 aromatic heterocycles. The zero-order valence-corrected chi connectivity index (χ0v) is 16.9. The summed E-state index contributed by atoms with van der Waals surface area (Å²) in [6.45, 7) is 3.31. The highest BCUT2D eigenvalue weighted by Gasteiger charge is 2.24. The fourth-order valence-corrected chi connectivity index (χ4v) is 3.98. The zero-order chi connectivity index (χ0) is 20.4. The van der Waals surface area contributed by atoms with E-state index in [0.717, 1.165) is 6.07 Å². The normalized spacial score (nSPS) is 11.3. The van der Waals surface area contributed by atoms with E-state index in [1.807, 2.05) is 0 Å². The first-order valence-electron chi connectivity index (χ1n) is 7.57. The Kier molecular flexibility index (Phi) is 6.19. The highest BCUT2D eigenvalue weighted by atomic mass is 79.9. The second kappa shape index (κ2) is 8.03. The molecule has 0 aliphatic rings. The predicted octanol–water partition coefficient (Wildman–Crippen LogP) is 2.10. The summed E-state index contributed by atoms with van der Waals surface area (Å²) in [5.41, 5.74) is 0.0137. The number of nitriles is 1. The average Bonchev–Trinajstić information content (AvgIpc) is 2.81. The second-order valence-corrected chi connectivity index (χ2v) is 8.01. The number of aryl methyl sites for hydroxylation is 1. The minimum atomic E-state index is -3.87. The monoisotopic (exact) mass is 458 g/mol. The van der Waals surface area contributed by atoms with Gasteiger partial charge in [-0.15, -0.1) is 0 Å². The van der Waals surface area contributed by atoms with Gasteiger partial charge in [0.15, 0.2) is 5.82 Å². The summed E-state index contributed by atoms with van der Waals surface area (Å²) in [4.78, 5) is 12.5. The van der Waals surface area contributed by atoms with E-state index in [1.165, 1.54) is 23.9 Å². The standard InChI is InChI=1S/C15H16BrFN6O3S/c1-8(2)21-27(25,26)22-14-12(16)13(23(3)20-14)15(24)19-10-4-5-11(17)9(6-10)7-18/h4-6,8,21H,1-3H3,(H,19,24)(H,20,22). The number of hydrogen-bond donors (Lipinski definition) is 3. The van der Waals surface area contributed by atoms with Gasteiger partial charge in [-0.25, -0.2) is 4.39 Å². The van der Waals surface area contributed by atoms with Crippen LogP contribution in [-0.4, -0.2) is 30.1 Å². The van der Waals surface area contributed by atoms with Crippen LogP contribution >= 0.6 is 15.9 Å². The van der Waals surface area contributed by atoms with Gasteiger partial charge in [-0.1, -0.05) is 0 Å². The lowest BCUT2D eigenvalue weighted by Crippen LogP contribution is -2.35. The first-order chi connectivity index (χ1) is 12.5. The summed E-state index contributed by atoms with van der Waals surface area (Å²) >= 11 is 3.16. The Labute approximate surface area is 163 Å². The summed E-state index contributed by atoms with van der Waals surface area (Å²) in [6.07, 6.45) is 0. The highest BCUT2D eigenvalue weighted by molar-refractivity contribution is 9.10. The number of carbonyl (C=O) groups is 1. The summed E-state index contributed by atoms with van der Waals surface area (Å²) in [5.74, 6) is -1.41. The second-order valence-electron chi connectivity index (χ2n) is 5.77. The number of rotatable bonds is 6. The number of halogens is 2. The van der Waals surface area contributed by atoms with Crippen molar-refractivity contribution in [1.29, 1.82) is 5.26 Å². The van der Waals surface area contributed by atoms with Crippen molar-refractivity contribution in [3.05, 3.63) is 39.7 Å². The Morgan fingerprint density at radius 3 is 2.67 bits per heavy atom. The minimum Gasteiger partial charge on any atom is -0.321 e. The number of amides is 1. The molecule has 0 bridgehead atoms. The topological polar surface area (TPSA) is 129 Å². The quantitative estimate of drug-likeness (QED) is 0.610. The number of nitrogens with zero attached hydrogens (tertiary/aromatic N) is 3. The Balaban J connectivity index is 2.28. The van der Waals surface area contributed by atoms with Crippen molar-refractivity contribution >= 4 is 43.6 Å². The molecule has 0 saturated heterocycles. The van der Waals surface area contributed by atoms with Crippen molar-refractivity contribution in [2.75, 3.05) is 10.0 Å². The Morgan fingerprint density at radius 1 is 1.41 bits per heavy atom. The molecule has 3 N–H and O–H groups in total. The Morgan fingerprint density at radius 2 is 2.07 bits per heavy atom. The molecule has 0 fully saturated rings. The third-order valence-electron chi connectivity index (χ3n) is 3.17. The molecule has 0 atom stereocenters. The highest BCUT2D eigenvalue weighted by Crippen LogP contribution is 2.27. The van der Waals surface area contributed by atoms with Gasteiger partial charge in [-0.2, -0.15) is 23.5 Å². The fourth-order valence-electron chi connectivity index (χ4n) is 2.16. The first-order valence-corrected chi connectivity index (χ1v) is 9.85. The number of aromatic nitrogens is 2. The lowest BCUT2D eigenvalue weighted by molar-refractivity contribution is 0.101. The fraction of sp³-hybridized carbons (Fsp3) is 0.267. The van der Waals surface area contributed by atoms with Gasteiger partial charge in [0.2, 0.25) is 0 Å². The molecule has 0 saturated carbocycles. The Hall–Kier alpha value is -2.49. The molecule has 2 aromatic rings. The molecule has 27 heavy (non-hydrogen) atoms. The lowest BCUT2D eigenvalue weighted by atomic mass is 10.2. The maximum atomic E-state index is 13.4. The van der Waals surface area contributed by atoms with Crippen LogP contribution in [0.3, 0.4) is 0 Å². The molecule has 2 rings (SSSR count). The molecule has 12 heteroatoms. The molecule has 0 radical (unpaired) electrons. The van der Waals surface area contributed by atoms with Crippen molar-refractivity contribution in [2.45, 2.75) is 19.9 Å². The van der Waals surface area contributed by atoms with Gasteiger partial charge in [0.1, 0.15) is 17.6 Å². The van der Waals surface area contributed by atoms with Crippen molar-refractivity contribution in [1.82, 2.24) is 14.5 Å². The number of hydrogen-bond acceptors (Lipinski definition) is 5. The van der Waals surface area contributed by atoms with E-state index in [9.17, 15) is 17.6 Å². The molecule has 0 aliphatic carbocycles. The third-order valence-corrected chi connectivity index (χ3v) is 5.17. The summed E-state index contributed by atoms with van der Waals surface area (Å²) in [7, 11) is -2.42. The van der Waals surface area contributed by atoms with Gasteiger partial charge in [-0.3, -0.25) is 14.2 Å². The van der Waals surface area contributed by atoms with Gasteiger partial charge in [0, 0.05) is 18.8 Å². The van der Waals surface area contributed by atoms with Crippen LogP contribution in [0.15, 0.2) is 22.7 Å². The van der Waals surface area contributed by atoms with Gasteiger partial charge in [-0.05, 0) is 48.0 Å². The van der Waals surface area contributed by atoms with Crippen LogP contribution in [0.2, 0.25) is 0 Å². The lowest BCUT2D eigenvalue weighted by Gasteiger charge is -2.10. The molecule has 9 nitrogen and oxygen atoms in total. The van der Waals surface area contributed by atoms with Crippen LogP contribution in [0.5, 0.6) is 0 Å². The third kappa shape index (κ3) is 5.03. The van der Waals surface area contributed by atoms with E-state index in [1.54, 1.807) is 19.9 Å². The van der Waals surface area contributed by atoms with Crippen LogP contribution in [-0.2, 0) is 17.3 Å². The molecular weight excluding hydrogens is 443 g/mol. The molecule has 1 heterocycles. The van der Waals surface area contributed by atoms with Crippen LogP contribution in [0.1, 0.15) is 29.9 Å². The van der Waals surface area contributed by atoms with E-state index >= 15 is 0 Å². The maximum Gasteiger partial charge on any atom is 0.300 e. The number of benzene rings is 1. The smallest absolute Gasteiger partial charge is 0.300 e. The van der Waals surface area contributed by atoms with Gasteiger partial charge in [0.05, 0.1) is 10.0 Å². The first kappa shape index (κ1) is 20.8. The summed E-state index contributed by atoms with van der Waals surface area (Å²) in [5, 5.41) is 15.3. The zero-order valence-electron chi connectivity index (χ0n) is 14.5. The number of carbonyl (C=O) groups excluding carboxylic acids is 1. The van der Waals surface area contributed by atoms with Gasteiger partial charge in [0.25, 0.3) is 5.91 Å². The van der Waals surface area contributed by atoms with Crippen LogP contribution in [0, 0.1) is 17.1 Å². The van der Waals surface area contributed by atoms with E-state index in [-0.39, 0.29) is 33.3 Å². The van der Waals surface area contributed by atoms with E-state index in [2.05, 4.69) is 35.8 Å². The van der Waals surface area contributed by atoms with Crippen LogP contribution in [0.4, 0.5) is 15.9 Å². The molecule has 0 unspecified atom stereocenters. The van der Waals surface area contributed by atoms with Crippen molar-refractivity contribution in [3.8, 4) is 6.07 Å². The van der Waals surface area contributed by atoms with Crippen LogP contribution in [0.25, 0.3) is 0 Å². The predicted molar refractivity (Wildman–Crippen MR) is 101 cm³/mol. The Bertz CT molecular complexity index is 1030. The number of anilines is 2. The summed E-state index contributed by atoms with van der Waals surface area (Å²) < 4.78 is 43.2. The van der Waals surface area contributed by atoms with Gasteiger partial charge < -0.3 is 5.32 Å². The van der Waals surface area contributed by atoms with Crippen molar-refractivity contribution < 1.29 is 17.6 Å². The molecule has 0 spiro atoms. The van der Waals surface area contributed by atoms with E-state index < -0.39 is 21.9 Å².